The lowest BCUT2D eigenvalue weighted by Gasteiger charge is -2.38. The second kappa shape index (κ2) is 3.56. The molecule has 1 saturated carbocycles. The van der Waals surface area contributed by atoms with Crippen molar-refractivity contribution in [3.63, 3.8) is 0 Å². The van der Waals surface area contributed by atoms with Crippen LogP contribution in [0.15, 0.2) is 6.20 Å². The molecule has 0 atom stereocenters. The van der Waals surface area contributed by atoms with Crippen LogP contribution in [0.2, 0.25) is 0 Å². The van der Waals surface area contributed by atoms with Crippen LogP contribution in [-0.2, 0) is 16.2 Å². The molecule has 0 saturated heterocycles. The molecule has 1 aliphatic rings. The van der Waals surface area contributed by atoms with Crippen LogP contribution in [0.4, 0.5) is 0 Å². The Kier molecular flexibility index (Phi) is 2.58. The van der Waals surface area contributed by atoms with Crippen LogP contribution in [0.1, 0.15) is 29.1 Å². The first-order valence-electron chi connectivity index (χ1n) is 4.37. The van der Waals surface area contributed by atoms with Crippen LogP contribution in [-0.4, -0.2) is 12.1 Å². The van der Waals surface area contributed by atoms with Gasteiger partial charge >= 0.3 is 0 Å². The molecular weight excluding hydrogens is 206 g/mol. The fraction of sp³-hybridized carbons (Fsp3) is 0.667. The van der Waals surface area contributed by atoms with Gasteiger partial charge in [-0.3, -0.25) is 0 Å². The summed E-state index contributed by atoms with van der Waals surface area (Å²) in [6.45, 7) is 0. The molecular formula is C9H12ClNOS. The van der Waals surface area contributed by atoms with E-state index in [1.807, 2.05) is 6.20 Å². The van der Waals surface area contributed by atoms with Crippen molar-refractivity contribution < 1.29 is 4.74 Å². The summed E-state index contributed by atoms with van der Waals surface area (Å²) in [6.07, 6.45) is 5.28. The maximum absolute atomic E-state index is 5.72. The molecule has 13 heavy (non-hydrogen) atoms. The van der Waals surface area contributed by atoms with Crippen molar-refractivity contribution in [1.29, 1.82) is 0 Å². The molecule has 0 unspecified atom stereocenters. The van der Waals surface area contributed by atoms with E-state index in [1.54, 1.807) is 18.4 Å². The molecule has 1 heterocycles. The van der Waals surface area contributed by atoms with Crippen molar-refractivity contribution >= 4 is 22.9 Å². The Hall–Kier alpha value is -0.120. The van der Waals surface area contributed by atoms with Gasteiger partial charge in [0.1, 0.15) is 10.6 Å². The number of aromatic nitrogens is 1. The molecule has 1 aliphatic carbocycles. The van der Waals surface area contributed by atoms with Gasteiger partial charge in [0.15, 0.2) is 0 Å². The zero-order chi connectivity index (χ0) is 9.31. The molecule has 2 rings (SSSR count). The highest BCUT2D eigenvalue weighted by Gasteiger charge is 2.41. The Morgan fingerprint density at radius 1 is 1.69 bits per heavy atom. The number of nitrogens with zero attached hydrogens (tertiary/aromatic N) is 1. The van der Waals surface area contributed by atoms with Gasteiger partial charge < -0.3 is 4.74 Å². The van der Waals surface area contributed by atoms with Gasteiger partial charge in [-0.15, -0.1) is 22.9 Å². The third kappa shape index (κ3) is 1.49. The minimum Gasteiger partial charge on any atom is -0.371 e. The number of thiazole rings is 1. The normalized spacial score (nSPS) is 19.8. The first kappa shape index (κ1) is 9.44. The second-order valence-electron chi connectivity index (χ2n) is 3.32. The highest BCUT2D eigenvalue weighted by atomic mass is 35.5. The zero-order valence-electron chi connectivity index (χ0n) is 7.55. The summed E-state index contributed by atoms with van der Waals surface area (Å²) in [6, 6.07) is 0. The Bertz CT molecular complexity index is 290. The fourth-order valence-electron chi connectivity index (χ4n) is 1.58. The lowest BCUT2D eigenvalue weighted by molar-refractivity contribution is -0.0779. The van der Waals surface area contributed by atoms with Crippen molar-refractivity contribution in [2.24, 2.45) is 0 Å². The summed E-state index contributed by atoms with van der Waals surface area (Å²) in [5, 5.41) is 1.09. The highest BCUT2D eigenvalue weighted by Crippen LogP contribution is 2.45. The third-order valence-electron chi connectivity index (χ3n) is 2.63. The summed E-state index contributed by atoms with van der Waals surface area (Å²) < 4.78 is 5.52. The van der Waals surface area contributed by atoms with Gasteiger partial charge in [-0.25, -0.2) is 4.98 Å². The third-order valence-corrected chi connectivity index (χ3v) is 4.26. The summed E-state index contributed by atoms with van der Waals surface area (Å²) in [5.41, 5.74) is -0.0744. The summed E-state index contributed by atoms with van der Waals surface area (Å²) in [7, 11) is 1.76. The lowest BCUT2D eigenvalue weighted by atomic mass is 9.80. The molecule has 0 N–H and O–H groups in total. The standard InChI is InChI=1S/C9H12ClNOS/c1-12-9(3-2-4-9)8-11-6-7(5-10)13-8/h6H,2-5H2,1H3. The van der Waals surface area contributed by atoms with E-state index in [9.17, 15) is 0 Å². The number of rotatable bonds is 3. The highest BCUT2D eigenvalue weighted by molar-refractivity contribution is 7.11. The molecule has 1 fully saturated rings. The van der Waals surface area contributed by atoms with E-state index < -0.39 is 0 Å². The Morgan fingerprint density at radius 3 is 2.85 bits per heavy atom. The van der Waals surface area contributed by atoms with Crippen LogP contribution in [0.3, 0.4) is 0 Å². The number of hydrogen-bond donors (Lipinski definition) is 0. The van der Waals surface area contributed by atoms with Crippen LogP contribution in [0.5, 0.6) is 0 Å². The number of methoxy groups -OCH3 is 1. The van der Waals surface area contributed by atoms with Crippen molar-refractivity contribution in [3.8, 4) is 0 Å². The van der Waals surface area contributed by atoms with Crippen LogP contribution >= 0.6 is 22.9 Å². The van der Waals surface area contributed by atoms with Crippen molar-refractivity contribution in [2.45, 2.75) is 30.7 Å². The summed E-state index contributed by atoms with van der Waals surface area (Å²) >= 11 is 7.40. The summed E-state index contributed by atoms with van der Waals surface area (Å²) in [5.74, 6) is 0.553. The monoisotopic (exact) mass is 217 g/mol. The minimum absolute atomic E-state index is 0.0744. The molecule has 0 amide bonds. The average molecular weight is 218 g/mol. The Morgan fingerprint density at radius 2 is 2.46 bits per heavy atom. The van der Waals surface area contributed by atoms with E-state index in [1.165, 1.54) is 6.42 Å². The van der Waals surface area contributed by atoms with E-state index in [0.717, 1.165) is 22.7 Å². The van der Waals surface area contributed by atoms with Crippen LogP contribution < -0.4 is 0 Å². The van der Waals surface area contributed by atoms with Gasteiger partial charge in [-0.1, -0.05) is 0 Å². The number of alkyl halides is 1. The van der Waals surface area contributed by atoms with Crippen LogP contribution in [0, 0.1) is 0 Å². The minimum atomic E-state index is -0.0744. The number of ether oxygens (including phenoxy) is 1. The van der Waals surface area contributed by atoms with Gasteiger partial charge in [-0.05, 0) is 19.3 Å². The van der Waals surface area contributed by atoms with Gasteiger partial charge in [0, 0.05) is 18.2 Å². The molecule has 0 spiro atoms. The van der Waals surface area contributed by atoms with Gasteiger partial charge in [-0.2, -0.15) is 0 Å². The number of hydrogen-bond acceptors (Lipinski definition) is 3. The largest absolute Gasteiger partial charge is 0.371 e. The topological polar surface area (TPSA) is 22.1 Å². The van der Waals surface area contributed by atoms with Crippen molar-refractivity contribution in [1.82, 2.24) is 4.98 Å². The first-order chi connectivity index (χ1) is 6.30. The molecule has 1 aromatic heterocycles. The lowest BCUT2D eigenvalue weighted by Crippen LogP contribution is -2.35. The molecule has 2 nitrogen and oxygen atoms in total. The predicted octanol–water partition coefficient (Wildman–Crippen LogP) is 2.91. The van der Waals surface area contributed by atoms with E-state index in [2.05, 4.69) is 4.98 Å². The predicted molar refractivity (Wildman–Crippen MR) is 54.2 cm³/mol. The Balaban J connectivity index is 2.23. The molecule has 72 valence electrons. The van der Waals surface area contributed by atoms with Gasteiger partial charge in [0.2, 0.25) is 0 Å². The van der Waals surface area contributed by atoms with Crippen molar-refractivity contribution in [3.05, 3.63) is 16.1 Å². The average Bonchev–Trinajstić information content (AvgIpc) is 2.52. The summed E-state index contributed by atoms with van der Waals surface area (Å²) in [4.78, 5) is 5.49. The second-order valence-corrected chi connectivity index (χ2v) is 4.70. The van der Waals surface area contributed by atoms with E-state index in [-0.39, 0.29) is 5.60 Å². The molecule has 0 aromatic carbocycles. The first-order valence-corrected chi connectivity index (χ1v) is 5.72. The molecule has 0 radical (unpaired) electrons. The smallest absolute Gasteiger partial charge is 0.125 e. The zero-order valence-corrected chi connectivity index (χ0v) is 9.12. The molecule has 0 bridgehead atoms. The quantitative estimate of drug-likeness (QED) is 0.727. The maximum Gasteiger partial charge on any atom is 0.125 e. The number of halogens is 1. The fourth-order valence-corrected chi connectivity index (χ4v) is 2.80. The molecule has 4 heteroatoms. The maximum atomic E-state index is 5.72. The van der Waals surface area contributed by atoms with E-state index >= 15 is 0 Å². The SMILES string of the molecule is COC1(c2ncc(CCl)s2)CCC1. The van der Waals surface area contributed by atoms with Crippen LogP contribution in [0.25, 0.3) is 0 Å². The van der Waals surface area contributed by atoms with Crippen molar-refractivity contribution in [2.75, 3.05) is 7.11 Å². The van der Waals surface area contributed by atoms with Gasteiger partial charge in [0.25, 0.3) is 0 Å². The van der Waals surface area contributed by atoms with Gasteiger partial charge in [0.05, 0.1) is 5.88 Å². The molecule has 1 aromatic rings. The molecule has 0 aliphatic heterocycles. The Labute approximate surface area is 86.9 Å². The van der Waals surface area contributed by atoms with E-state index in [0.29, 0.717) is 5.88 Å². The van der Waals surface area contributed by atoms with E-state index in [4.69, 9.17) is 16.3 Å².